The van der Waals surface area contributed by atoms with Crippen molar-refractivity contribution in [3.63, 3.8) is 0 Å². The van der Waals surface area contributed by atoms with Gasteiger partial charge in [-0.2, -0.15) is 0 Å². The zero-order valence-corrected chi connectivity index (χ0v) is 11.9. The van der Waals surface area contributed by atoms with Crippen LogP contribution in [-0.2, 0) is 6.42 Å². The smallest absolute Gasteiger partial charge is 0.129 e. The Bertz CT molecular complexity index is 364. The summed E-state index contributed by atoms with van der Waals surface area (Å²) < 4.78 is 0. The number of nitrogens with zero attached hydrogens (tertiary/aromatic N) is 2. The molecule has 1 aromatic heterocycles. The molecule has 0 bridgehead atoms. The van der Waals surface area contributed by atoms with Crippen molar-refractivity contribution in [2.75, 3.05) is 11.9 Å². The van der Waals surface area contributed by atoms with E-state index >= 15 is 0 Å². The average Bonchev–Trinajstić information content (AvgIpc) is 2.26. The molecule has 4 heteroatoms. The number of aliphatic hydroxyl groups is 1. The third-order valence-electron chi connectivity index (χ3n) is 2.73. The zero-order chi connectivity index (χ0) is 13.6. The van der Waals surface area contributed by atoms with Crippen LogP contribution in [0.5, 0.6) is 0 Å². The first-order valence-electron chi connectivity index (χ1n) is 6.70. The van der Waals surface area contributed by atoms with E-state index < -0.39 is 5.60 Å². The minimum Gasteiger partial charge on any atom is -0.388 e. The summed E-state index contributed by atoms with van der Waals surface area (Å²) in [7, 11) is 0. The number of rotatable bonds is 7. The molecule has 0 aliphatic rings. The van der Waals surface area contributed by atoms with Gasteiger partial charge >= 0.3 is 0 Å². The summed E-state index contributed by atoms with van der Waals surface area (Å²) in [5, 5.41) is 13.4. The van der Waals surface area contributed by atoms with Crippen LogP contribution in [0, 0.1) is 5.92 Å². The monoisotopic (exact) mass is 251 g/mol. The van der Waals surface area contributed by atoms with Gasteiger partial charge in [-0.15, -0.1) is 0 Å². The molecule has 0 amide bonds. The molecule has 1 unspecified atom stereocenters. The molecule has 0 aliphatic carbocycles. The van der Waals surface area contributed by atoms with Gasteiger partial charge in [-0.1, -0.05) is 27.2 Å². The Morgan fingerprint density at radius 1 is 1.39 bits per heavy atom. The standard InChI is InChI=1S/C14H25N3O/c1-5-6-12-7-13(17-10-16-12)15-9-14(4,18)8-11(2)3/h7,10-11,18H,5-6,8-9H2,1-4H3,(H,15,16,17). The second-order valence-corrected chi connectivity index (χ2v) is 5.59. The molecule has 1 rings (SSSR count). The van der Waals surface area contributed by atoms with Crippen molar-refractivity contribution in [1.29, 1.82) is 0 Å². The summed E-state index contributed by atoms with van der Waals surface area (Å²) in [6.07, 6.45) is 4.37. The number of anilines is 1. The van der Waals surface area contributed by atoms with E-state index in [9.17, 15) is 5.11 Å². The topological polar surface area (TPSA) is 58.0 Å². The highest BCUT2D eigenvalue weighted by Gasteiger charge is 2.21. The fraction of sp³-hybridized carbons (Fsp3) is 0.714. The Morgan fingerprint density at radius 3 is 2.72 bits per heavy atom. The van der Waals surface area contributed by atoms with Gasteiger partial charge in [0.05, 0.1) is 5.60 Å². The summed E-state index contributed by atoms with van der Waals surface area (Å²) in [5.41, 5.74) is 0.336. The molecule has 18 heavy (non-hydrogen) atoms. The van der Waals surface area contributed by atoms with Gasteiger partial charge in [0.1, 0.15) is 12.1 Å². The van der Waals surface area contributed by atoms with Crippen molar-refractivity contribution in [2.24, 2.45) is 5.92 Å². The van der Waals surface area contributed by atoms with Gasteiger partial charge in [0, 0.05) is 18.3 Å². The minimum atomic E-state index is -0.704. The SMILES string of the molecule is CCCc1cc(NCC(C)(O)CC(C)C)ncn1. The Hall–Kier alpha value is -1.16. The Labute approximate surface area is 110 Å². The second-order valence-electron chi connectivity index (χ2n) is 5.59. The lowest BCUT2D eigenvalue weighted by Gasteiger charge is -2.25. The normalized spacial score (nSPS) is 14.6. The summed E-state index contributed by atoms with van der Waals surface area (Å²) in [6, 6.07) is 1.95. The highest BCUT2D eigenvalue weighted by molar-refractivity contribution is 5.35. The third kappa shape index (κ3) is 5.45. The maximum absolute atomic E-state index is 10.2. The molecule has 0 saturated carbocycles. The maximum Gasteiger partial charge on any atom is 0.129 e. The zero-order valence-electron chi connectivity index (χ0n) is 11.9. The molecule has 0 aliphatic heterocycles. The molecule has 0 radical (unpaired) electrons. The third-order valence-corrected chi connectivity index (χ3v) is 2.73. The molecular weight excluding hydrogens is 226 g/mol. The lowest BCUT2D eigenvalue weighted by Crippen LogP contribution is -2.35. The minimum absolute atomic E-state index is 0.475. The summed E-state index contributed by atoms with van der Waals surface area (Å²) in [5.74, 6) is 1.26. The second kappa shape index (κ2) is 6.69. The lowest BCUT2D eigenvalue weighted by atomic mass is 9.94. The molecule has 1 aromatic rings. The van der Waals surface area contributed by atoms with Gasteiger partial charge in [0.15, 0.2) is 0 Å². The van der Waals surface area contributed by atoms with Gasteiger partial charge < -0.3 is 10.4 Å². The molecule has 0 saturated heterocycles. The largest absolute Gasteiger partial charge is 0.388 e. The van der Waals surface area contributed by atoms with E-state index in [-0.39, 0.29) is 0 Å². The van der Waals surface area contributed by atoms with E-state index in [0.717, 1.165) is 30.8 Å². The quantitative estimate of drug-likeness (QED) is 0.782. The van der Waals surface area contributed by atoms with Gasteiger partial charge in [0.2, 0.25) is 0 Å². The first-order chi connectivity index (χ1) is 8.43. The van der Waals surface area contributed by atoms with Gasteiger partial charge in [0.25, 0.3) is 0 Å². The number of hydrogen-bond donors (Lipinski definition) is 2. The first kappa shape index (κ1) is 14.9. The van der Waals surface area contributed by atoms with Crippen molar-refractivity contribution < 1.29 is 5.11 Å². The molecule has 0 spiro atoms. The first-order valence-corrected chi connectivity index (χ1v) is 6.70. The Morgan fingerprint density at radius 2 is 2.11 bits per heavy atom. The summed E-state index contributed by atoms with van der Waals surface area (Å²) in [4.78, 5) is 8.38. The molecule has 1 atom stereocenters. The van der Waals surface area contributed by atoms with Crippen LogP contribution in [0.1, 0.15) is 46.2 Å². The molecule has 0 fully saturated rings. The number of nitrogens with one attached hydrogen (secondary N) is 1. The van der Waals surface area contributed by atoms with Crippen molar-refractivity contribution in [3.05, 3.63) is 18.1 Å². The molecule has 2 N–H and O–H groups in total. The number of hydrogen-bond acceptors (Lipinski definition) is 4. The highest BCUT2D eigenvalue weighted by atomic mass is 16.3. The number of aryl methyl sites for hydroxylation is 1. The van der Waals surface area contributed by atoms with E-state index in [2.05, 4.69) is 36.1 Å². The Kier molecular flexibility index (Phi) is 5.54. The predicted molar refractivity (Wildman–Crippen MR) is 74.6 cm³/mol. The van der Waals surface area contributed by atoms with Crippen LogP contribution >= 0.6 is 0 Å². The van der Waals surface area contributed by atoms with Crippen molar-refractivity contribution in [3.8, 4) is 0 Å². The van der Waals surface area contributed by atoms with Crippen molar-refractivity contribution in [2.45, 2.75) is 52.6 Å². The van der Waals surface area contributed by atoms with Crippen LogP contribution < -0.4 is 5.32 Å². The van der Waals surface area contributed by atoms with E-state index in [1.165, 1.54) is 0 Å². The van der Waals surface area contributed by atoms with E-state index in [1.54, 1.807) is 6.33 Å². The van der Waals surface area contributed by atoms with Crippen molar-refractivity contribution in [1.82, 2.24) is 9.97 Å². The molecule has 4 nitrogen and oxygen atoms in total. The van der Waals surface area contributed by atoms with Crippen LogP contribution in [0.2, 0.25) is 0 Å². The fourth-order valence-electron chi connectivity index (χ4n) is 2.12. The van der Waals surface area contributed by atoms with E-state index in [4.69, 9.17) is 0 Å². The molecule has 0 aromatic carbocycles. The van der Waals surface area contributed by atoms with E-state index in [1.807, 2.05) is 13.0 Å². The number of aromatic nitrogens is 2. The molecule has 1 heterocycles. The fourth-order valence-corrected chi connectivity index (χ4v) is 2.12. The summed E-state index contributed by atoms with van der Waals surface area (Å²) in [6.45, 7) is 8.71. The average molecular weight is 251 g/mol. The van der Waals surface area contributed by atoms with Gasteiger partial charge in [-0.25, -0.2) is 9.97 Å². The van der Waals surface area contributed by atoms with Crippen molar-refractivity contribution >= 4 is 5.82 Å². The van der Waals surface area contributed by atoms with Crippen LogP contribution in [-0.4, -0.2) is 27.2 Å². The van der Waals surface area contributed by atoms with Crippen LogP contribution in [0.15, 0.2) is 12.4 Å². The van der Waals surface area contributed by atoms with Gasteiger partial charge in [-0.3, -0.25) is 0 Å². The van der Waals surface area contributed by atoms with Crippen LogP contribution in [0.25, 0.3) is 0 Å². The molecular formula is C14H25N3O. The maximum atomic E-state index is 10.2. The predicted octanol–water partition coefficient (Wildman–Crippen LogP) is 2.64. The van der Waals surface area contributed by atoms with Crippen LogP contribution in [0.4, 0.5) is 5.82 Å². The molecule has 102 valence electrons. The summed E-state index contributed by atoms with van der Waals surface area (Å²) >= 11 is 0. The Balaban J connectivity index is 2.54. The van der Waals surface area contributed by atoms with E-state index in [0.29, 0.717) is 12.5 Å². The van der Waals surface area contributed by atoms with Crippen LogP contribution in [0.3, 0.4) is 0 Å². The van der Waals surface area contributed by atoms with Gasteiger partial charge in [-0.05, 0) is 25.7 Å². The lowest BCUT2D eigenvalue weighted by molar-refractivity contribution is 0.0514. The highest BCUT2D eigenvalue weighted by Crippen LogP contribution is 2.17.